The van der Waals surface area contributed by atoms with Crippen molar-refractivity contribution in [2.75, 3.05) is 0 Å². The fourth-order valence-corrected chi connectivity index (χ4v) is 2.18. The molecule has 3 aromatic heterocycles. The van der Waals surface area contributed by atoms with Crippen molar-refractivity contribution >= 4 is 21.9 Å². The summed E-state index contributed by atoms with van der Waals surface area (Å²) in [4.78, 5) is 16.5. The van der Waals surface area contributed by atoms with Gasteiger partial charge < -0.3 is 4.98 Å². The zero-order valence-electron chi connectivity index (χ0n) is 10.0. The normalized spacial score (nSPS) is 11.2. The molecule has 3 heterocycles. The van der Waals surface area contributed by atoms with Crippen LogP contribution >= 0.6 is 0 Å². The molecule has 0 atom stereocenters. The largest absolute Gasteiger partial charge is 0.335 e. The first kappa shape index (κ1) is 10.2. The van der Waals surface area contributed by atoms with Crippen LogP contribution < -0.4 is 0 Å². The molecule has 1 aromatic carbocycles. The third kappa shape index (κ3) is 1.65. The number of hydrogen-bond donors (Lipinski definition) is 1. The summed E-state index contributed by atoms with van der Waals surface area (Å²) in [5.74, 6) is 0.772. The second-order valence-corrected chi connectivity index (χ2v) is 4.37. The Kier molecular flexibility index (Phi) is 2.08. The van der Waals surface area contributed by atoms with E-state index in [1.807, 2.05) is 30.3 Å². The fourth-order valence-electron chi connectivity index (χ4n) is 2.18. The molecular formula is C15H10N4. The van der Waals surface area contributed by atoms with Crippen LogP contribution in [-0.4, -0.2) is 19.9 Å². The van der Waals surface area contributed by atoms with Crippen molar-refractivity contribution in [3.63, 3.8) is 0 Å². The van der Waals surface area contributed by atoms with Crippen molar-refractivity contribution in [1.29, 1.82) is 0 Å². The number of aromatic amines is 1. The quantitative estimate of drug-likeness (QED) is 0.561. The maximum atomic E-state index is 4.63. The number of aromatic nitrogens is 4. The molecule has 1 N–H and O–H groups in total. The van der Waals surface area contributed by atoms with Gasteiger partial charge in [-0.15, -0.1) is 0 Å². The topological polar surface area (TPSA) is 54.5 Å². The molecule has 4 rings (SSSR count). The molecular weight excluding hydrogens is 236 g/mol. The molecule has 4 nitrogen and oxygen atoms in total. The van der Waals surface area contributed by atoms with E-state index in [1.54, 1.807) is 12.4 Å². The van der Waals surface area contributed by atoms with E-state index in [0.717, 1.165) is 33.5 Å². The number of nitrogens with zero attached hydrogens (tertiary/aromatic N) is 3. The summed E-state index contributed by atoms with van der Waals surface area (Å²) in [5.41, 5.74) is 3.64. The van der Waals surface area contributed by atoms with Crippen molar-refractivity contribution < 1.29 is 0 Å². The molecule has 0 saturated heterocycles. The SMILES string of the molecule is c1ccc2nc(-c3nc4ccncc4[nH]3)ccc2c1. The van der Waals surface area contributed by atoms with Gasteiger partial charge in [0.25, 0.3) is 0 Å². The van der Waals surface area contributed by atoms with Gasteiger partial charge in [-0.25, -0.2) is 9.97 Å². The monoisotopic (exact) mass is 246 g/mol. The second kappa shape index (κ2) is 3.88. The Morgan fingerprint density at radius 3 is 2.74 bits per heavy atom. The van der Waals surface area contributed by atoms with Crippen LogP contribution in [0.5, 0.6) is 0 Å². The third-order valence-corrected chi connectivity index (χ3v) is 3.12. The average molecular weight is 246 g/mol. The molecule has 4 heteroatoms. The predicted molar refractivity (Wildman–Crippen MR) is 74.6 cm³/mol. The highest BCUT2D eigenvalue weighted by Gasteiger charge is 2.06. The number of benzene rings is 1. The van der Waals surface area contributed by atoms with Gasteiger partial charge in [0.2, 0.25) is 0 Å². The van der Waals surface area contributed by atoms with Crippen molar-refractivity contribution in [2.24, 2.45) is 0 Å². The van der Waals surface area contributed by atoms with Crippen LogP contribution in [0.15, 0.2) is 54.9 Å². The Morgan fingerprint density at radius 2 is 1.79 bits per heavy atom. The van der Waals surface area contributed by atoms with Gasteiger partial charge in [-0.1, -0.05) is 24.3 Å². The number of rotatable bonds is 1. The minimum absolute atomic E-state index is 0.772. The van der Waals surface area contributed by atoms with Crippen LogP contribution in [0.3, 0.4) is 0 Å². The minimum Gasteiger partial charge on any atom is -0.335 e. The summed E-state index contributed by atoms with van der Waals surface area (Å²) >= 11 is 0. The minimum atomic E-state index is 0.772. The van der Waals surface area contributed by atoms with Gasteiger partial charge in [-0.2, -0.15) is 0 Å². The summed E-state index contributed by atoms with van der Waals surface area (Å²) in [7, 11) is 0. The molecule has 0 aliphatic heterocycles. The Morgan fingerprint density at radius 1 is 0.842 bits per heavy atom. The third-order valence-electron chi connectivity index (χ3n) is 3.12. The van der Waals surface area contributed by atoms with Gasteiger partial charge in [-0.05, 0) is 18.2 Å². The van der Waals surface area contributed by atoms with Crippen molar-refractivity contribution in [2.45, 2.75) is 0 Å². The van der Waals surface area contributed by atoms with Crippen LogP contribution in [0.25, 0.3) is 33.5 Å². The molecule has 0 aliphatic rings. The van der Waals surface area contributed by atoms with E-state index < -0.39 is 0 Å². The first-order chi connectivity index (χ1) is 9.40. The first-order valence-electron chi connectivity index (χ1n) is 6.06. The van der Waals surface area contributed by atoms with Gasteiger partial charge in [0.15, 0.2) is 5.82 Å². The lowest BCUT2D eigenvalue weighted by Gasteiger charge is -1.99. The lowest BCUT2D eigenvalue weighted by molar-refractivity contribution is 1.27. The summed E-state index contributed by atoms with van der Waals surface area (Å²) < 4.78 is 0. The van der Waals surface area contributed by atoms with Crippen LogP contribution in [0, 0.1) is 0 Å². The van der Waals surface area contributed by atoms with Gasteiger partial charge in [0.1, 0.15) is 5.69 Å². The van der Waals surface area contributed by atoms with Crippen molar-refractivity contribution in [1.82, 2.24) is 19.9 Å². The van der Waals surface area contributed by atoms with E-state index in [0.29, 0.717) is 0 Å². The molecule has 19 heavy (non-hydrogen) atoms. The van der Waals surface area contributed by atoms with Gasteiger partial charge >= 0.3 is 0 Å². The zero-order chi connectivity index (χ0) is 12.7. The first-order valence-corrected chi connectivity index (χ1v) is 6.06. The smallest absolute Gasteiger partial charge is 0.157 e. The molecule has 0 bridgehead atoms. The lowest BCUT2D eigenvalue weighted by atomic mass is 10.2. The van der Waals surface area contributed by atoms with Crippen molar-refractivity contribution in [3.05, 3.63) is 54.9 Å². The molecule has 0 radical (unpaired) electrons. The Balaban J connectivity index is 1.93. The molecule has 0 amide bonds. The van der Waals surface area contributed by atoms with E-state index in [4.69, 9.17) is 0 Å². The number of fused-ring (bicyclic) bond motifs is 2. The van der Waals surface area contributed by atoms with Crippen LogP contribution in [0.1, 0.15) is 0 Å². The summed E-state index contributed by atoms with van der Waals surface area (Å²) in [6.07, 6.45) is 3.51. The average Bonchev–Trinajstić information content (AvgIpc) is 2.90. The number of H-pyrrole nitrogens is 1. The molecule has 0 fully saturated rings. The van der Waals surface area contributed by atoms with E-state index in [2.05, 4.69) is 32.1 Å². The Labute approximate surface area is 109 Å². The Bertz CT molecular complexity index is 846. The zero-order valence-corrected chi connectivity index (χ0v) is 10.0. The van der Waals surface area contributed by atoms with E-state index in [9.17, 15) is 0 Å². The second-order valence-electron chi connectivity index (χ2n) is 4.37. The summed E-state index contributed by atoms with van der Waals surface area (Å²) in [5, 5.41) is 1.13. The van der Waals surface area contributed by atoms with Crippen LogP contribution in [-0.2, 0) is 0 Å². The molecule has 4 aromatic rings. The molecule has 90 valence electrons. The standard InChI is InChI=1S/C15H10N4/c1-2-4-11-10(3-1)5-6-13(17-11)15-18-12-7-8-16-9-14(12)19-15/h1-9H,(H,18,19). The number of imidazole rings is 1. The maximum absolute atomic E-state index is 4.63. The predicted octanol–water partition coefficient (Wildman–Crippen LogP) is 3.17. The highest BCUT2D eigenvalue weighted by molar-refractivity contribution is 5.82. The lowest BCUT2D eigenvalue weighted by Crippen LogP contribution is -1.86. The van der Waals surface area contributed by atoms with E-state index in [1.165, 1.54) is 0 Å². The van der Waals surface area contributed by atoms with Crippen LogP contribution in [0.4, 0.5) is 0 Å². The number of para-hydroxylation sites is 1. The van der Waals surface area contributed by atoms with Crippen LogP contribution in [0.2, 0.25) is 0 Å². The van der Waals surface area contributed by atoms with E-state index in [-0.39, 0.29) is 0 Å². The Hall–Kier alpha value is -2.75. The van der Waals surface area contributed by atoms with E-state index >= 15 is 0 Å². The molecule has 0 unspecified atom stereocenters. The maximum Gasteiger partial charge on any atom is 0.157 e. The van der Waals surface area contributed by atoms with Gasteiger partial charge in [-0.3, -0.25) is 4.98 Å². The highest BCUT2D eigenvalue weighted by atomic mass is 15.0. The van der Waals surface area contributed by atoms with Gasteiger partial charge in [0, 0.05) is 11.6 Å². The summed E-state index contributed by atoms with van der Waals surface area (Å²) in [6.45, 7) is 0. The molecule has 0 aliphatic carbocycles. The molecule has 0 spiro atoms. The van der Waals surface area contributed by atoms with Gasteiger partial charge in [0.05, 0.1) is 22.7 Å². The molecule has 0 saturated carbocycles. The number of nitrogens with one attached hydrogen (secondary N) is 1. The van der Waals surface area contributed by atoms with Crippen molar-refractivity contribution in [3.8, 4) is 11.5 Å². The number of hydrogen-bond acceptors (Lipinski definition) is 3. The summed E-state index contributed by atoms with van der Waals surface area (Å²) in [6, 6.07) is 14.0. The highest BCUT2D eigenvalue weighted by Crippen LogP contribution is 2.20. The number of pyridine rings is 2. The fraction of sp³-hybridized carbons (Fsp3) is 0.